The fourth-order valence-corrected chi connectivity index (χ4v) is 2.62. The van der Waals surface area contributed by atoms with Crippen molar-refractivity contribution < 1.29 is 18.3 Å². The molecule has 17 heavy (non-hydrogen) atoms. The van der Waals surface area contributed by atoms with Gasteiger partial charge in [-0.2, -0.15) is 0 Å². The summed E-state index contributed by atoms with van der Waals surface area (Å²) in [6.07, 6.45) is 1.13. The van der Waals surface area contributed by atoms with Gasteiger partial charge in [-0.05, 0) is 17.7 Å². The summed E-state index contributed by atoms with van der Waals surface area (Å²) in [6.45, 7) is 0. The highest BCUT2D eigenvalue weighted by molar-refractivity contribution is 7.96. The lowest BCUT2D eigenvalue weighted by Gasteiger charge is -2.44. The van der Waals surface area contributed by atoms with Gasteiger partial charge in [-0.3, -0.25) is 9.10 Å². The fraction of sp³-hybridized carbons (Fsp3) is 0.364. The average Bonchev–Trinajstić information content (AvgIpc) is 2.31. The summed E-state index contributed by atoms with van der Waals surface area (Å²) in [6, 6.07) is 3.25. The third-order valence-corrected chi connectivity index (χ3v) is 3.54. The van der Waals surface area contributed by atoms with Gasteiger partial charge in [0.1, 0.15) is 6.04 Å². The number of hydrogen-bond donors (Lipinski definition) is 0. The number of rotatable bonds is 3. The maximum Gasteiger partial charge on any atom is 0.264 e. The number of hydrogen-bond acceptors (Lipinski definition) is 3. The highest BCUT2D eigenvalue weighted by Crippen LogP contribution is 2.40. The lowest BCUT2D eigenvalue weighted by Crippen LogP contribution is -2.56. The molecule has 0 bridgehead atoms. The van der Waals surface area contributed by atoms with E-state index in [1.54, 1.807) is 6.26 Å². The first kappa shape index (κ1) is 12.3. The highest BCUT2D eigenvalue weighted by atomic mass is 32.2. The Balaban J connectivity index is 2.31. The van der Waals surface area contributed by atoms with Gasteiger partial charge in [0.05, 0.1) is 0 Å². The molecule has 2 unspecified atom stereocenters. The molecule has 1 heterocycles. The summed E-state index contributed by atoms with van der Waals surface area (Å²) in [4.78, 5) is 11.6. The van der Waals surface area contributed by atoms with Crippen LogP contribution < -0.4 is 0 Å². The number of β-lactam (4-membered cyclic amide) rings is 1. The SMILES string of the molecule is COC1C(=O)N(SC)C1c1ccc(F)c(F)c1. The number of ether oxygens (including phenoxy) is 1. The Morgan fingerprint density at radius 2 is 2.06 bits per heavy atom. The van der Waals surface area contributed by atoms with Crippen molar-refractivity contribution in [3.8, 4) is 0 Å². The van der Waals surface area contributed by atoms with Crippen LogP contribution in [0.25, 0.3) is 0 Å². The first-order valence-corrected chi connectivity index (χ1v) is 6.13. The molecule has 0 N–H and O–H groups in total. The topological polar surface area (TPSA) is 29.5 Å². The van der Waals surface area contributed by atoms with E-state index in [9.17, 15) is 13.6 Å². The molecule has 1 aliphatic heterocycles. The highest BCUT2D eigenvalue weighted by Gasteiger charge is 2.48. The molecule has 0 aromatic heterocycles. The Labute approximate surface area is 102 Å². The zero-order valence-electron chi connectivity index (χ0n) is 9.31. The normalized spacial score (nSPS) is 23.8. The summed E-state index contributed by atoms with van der Waals surface area (Å²) >= 11 is 1.24. The molecule has 92 valence electrons. The van der Waals surface area contributed by atoms with E-state index in [0.29, 0.717) is 5.56 Å². The smallest absolute Gasteiger partial charge is 0.264 e. The van der Waals surface area contributed by atoms with Crippen LogP contribution in [0.4, 0.5) is 8.78 Å². The van der Waals surface area contributed by atoms with E-state index in [-0.39, 0.29) is 11.9 Å². The van der Waals surface area contributed by atoms with Crippen molar-refractivity contribution in [1.29, 1.82) is 0 Å². The molecule has 6 heteroatoms. The van der Waals surface area contributed by atoms with Crippen molar-refractivity contribution in [2.45, 2.75) is 12.1 Å². The number of halogens is 2. The third kappa shape index (κ3) is 1.91. The molecule has 1 amide bonds. The summed E-state index contributed by atoms with van der Waals surface area (Å²) in [7, 11) is 1.42. The molecule has 1 aromatic carbocycles. The molecule has 3 nitrogen and oxygen atoms in total. The quantitative estimate of drug-likeness (QED) is 0.615. The first-order chi connectivity index (χ1) is 8.10. The lowest BCUT2D eigenvalue weighted by molar-refractivity contribution is -0.158. The zero-order chi connectivity index (χ0) is 12.6. The van der Waals surface area contributed by atoms with Crippen molar-refractivity contribution in [3.05, 3.63) is 35.4 Å². The molecule has 1 aliphatic rings. The van der Waals surface area contributed by atoms with Gasteiger partial charge in [0.25, 0.3) is 5.91 Å². The van der Waals surface area contributed by atoms with Gasteiger partial charge in [-0.15, -0.1) is 0 Å². The Hall–Kier alpha value is -1.14. The largest absolute Gasteiger partial charge is 0.369 e. The minimum atomic E-state index is -0.919. The van der Waals surface area contributed by atoms with Crippen molar-refractivity contribution in [2.24, 2.45) is 0 Å². The lowest BCUT2D eigenvalue weighted by atomic mass is 9.93. The van der Waals surface area contributed by atoms with E-state index in [2.05, 4.69) is 0 Å². The van der Waals surface area contributed by atoms with Gasteiger partial charge >= 0.3 is 0 Å². The maximum atomic E-state index is 13.1. The molecule has 0 aliphatic carbocycles. The second kappa shape index (κ2) is 4.62. The second-order valence-corrected chi connectivity index (χ2v) is 4.38. The summed E-state index contributed by atoms with van der Waals surface area (Å²) in [5, 5.41) is 0. The van der Waals surface area contributed by atoms with Crippen LogP contribution in [-0.2, 0) is 9.53 Å². The number of carbonyl (C=O) groups is 1. The first-order valence-electron chi connectivity index (χ1n) is 4.95. The zero-order valence-corrected chi connectivity index (χ0v) is 10.1. The van der Waals surface area contributed by atoms with E-state index in [1.807, 2.05) is 0 Å². The molecule has 1 aromatic rings. The molecule has 0 spiro atoms. The van der Waals surface area contributed by atoms with Crippen molar-refractivity contribution in [3.63, 3.8) is 0 Å². The van der Waals surface area contributed by atoms with Gasteiger partial charge in [-0.25, -0.2) is 8.78 Å². The fourth-order valence-electron chi connectivity index (χ4n) is 1.88. The third-order valence-electron chi connectivity index (χ3n) is 2.74. The van der Waals surface area contributed by atoms with E-state index < -0.39 is 17.7 Å². The Kier molecular flexibility index (Phi) is 3.35. The Morgan fingerprint density at radius 3 is 2.59 bits per heavy atom. The van der Waals surface area contributed by atoms with E-state index >= 15 is 0 Å². The van der Waals surface area contributed by atoms with Crippen LogP contribution in [0.15, 0.2) is 18.2 Å². The molecule has 1 fully saturated rings. The Morgan fingerprint density at radius 1 is 1.35 bits per heavy atom. The summed E-state index contributed by atoms with van der Waals surface area (Å²) < 4.78 is 32.5. The predicted molar refractivity (Wildman–Crippen MR) is 60.3 cm³/mol. The van der Waals surface area contributed by atoms with Crippen LogP contribution >= 0.6 is 11.9 Å². The van der Waals surface area contributed by atoms with Gasteiger partial charge in [0, 0.05) is 13.4 Å². The average molecular weight is 259 g/mol. The second-order valence-electron chi connectivity index (χ2n) is 3.62. The van der Waals surface area contributed by atoms with Gasteiger partial charge in [0.15, 0.2) is 17.7 Å². The Bertz CT molecular complexity index is 441. The van der Waals surface area contributed by atoms with Gasteiger partial charge in [-0.1, -0.05) is 18.0 Å². The van der Waals surface area contributed by atoms with E-state index in [0.717, 1.165) is 12.1 Å². The molecular formula is C11H11F2NO2S. The van der Waals surface area contributed by atoms with Crippen LogP contribution in [0.3, 0.4) is 0 Å². The standard InChI is InChI=1S/C11H11F2NO2S/c1-16-10-9(14(17-2)11(10)15)6-3-4-7(12)8(13)5-6/h3-5,9-10H,1-2H3. The van der Waals surface area contributed by atoms with Gasteiger partial charge < -0.3 is 4.74 Å². The van der Waals surface area contributed by atoms with Crippen LogP contribution in [-0.4, -0.2) is 29.7 Å². The van der Waals surface area contributed by atoms with Crippen molar-refractivity contribution >= 4 is 17.9 Å². The minimum Gasteiger partial charge on any atom is -0.369 e. The molecule has 1 saturated heterocycles. The van der Waals surface area contributed by atoms with Gasteiger partial charge in [0.2, 0.25) is 0 Å². The van der Waals surface area contributed by atoms with Crippen LogP contribution in [0.5, 0.6) is 0 Å². The summed E-state index contributed by atoms with van der Waals surface area (Å²) in [5.41, 5.74) is 0.532. The van der Waals surface area contributed by atoms with Crippen molar-refractivity contribution in [1.82, 2.24) is 4.31 Å². The number of methoxy groups -OCH3 is 1. The number of benzene rings is 1. The maximum absolute atomic E-state index is 13.1. The monoisotopic (exact) mass is 259 g/mol. The molecule has 0 saturated carbocycles. The number of amides is 1. The predicted octanol–water partition coefficient (Wildman–Crippen LogP) is 2.14. The van der Waals surface area contributed by atoms with E-state index in [1.165, 1.54) is 29.4 Å². The van der Waals surface area contributed by atoms with Crippen molar-refractivity contribution in [2.75, 3.05) is 13.4 Å². The van der Waals surface area contributed by atoms with Crippen LogP contribution in [0.2, 0.25) is 0 Å². The number of nitrogens with zero attached hydrogens (tertiary/aromatic N) is 1. The molecule has 0 radical (unpaired) electrons. The molecule has 2 atom stereocenters. The molecule has 2 rings (SSSR count). The van der Waals surface area contributed by atoms with Crippen LogP contribution in [0.1, 0.15) is 11.6 Å². The summed E-state index contributed by atoms with van der Waals surface area (Å²) in [5.74, 6) is -1.98. The minimum absolute atomic E-state index is 0.158. The number of carbonyl (C=O) groups excluding carboxylic acids is 1. The molecular weight excluding hydrogens is 248 g/mol. The van der Waals surface area contributed by atoms with Crippen LogP contribution in [0, 0.1) is 11.6 Å². The van der Waals surface area contributed by atoms with E-state index in [4.69, 9.17) is 4.74 Å².